The summed E-state index contributed by atoms with van der Waals surface area (Å²) in [5.74, 6) is 0.488. The molecular formula is C12H13BrN2O2S. The Balaban J connectivity index is 2.06. The molecular weight excluding hydrogens is 316 g/mol. The monoisotopic (exact) mass is 328 g/mol. The molecule has 0 saturated heterocycles. The first-order chi connectivity index (χ1) is 8.60. The third-order valence-corrected chi connectivity index (χ3v) is 4.10. The van der Waals surface area contributed by atoms with Gasteiger partial charge in [-0.05, 0) is 35.0 Å². The van der Waals surface area contributed by atoms with E-state index in [1.165, 1.54) is 18.9 Å². The van der Waals surface area contributed by atoms with Crippen molar-refractivity contribution < 1.29 is 9.53 Å². The van der Waals surface area contributed by atoms with Crippen molar-refractivity contribution in [3.63, 3.8) is 0 Å². The van der Waals surface area contributed by atoms with Crippen LogP contribution in [0.3, 0.4) is 0 Å². The Morgan fingerprint density at radius 2 is 2.33 bits per heavy atom. The molecule has 2 aromatic heterocycles. The van der Waals surface area contributed by atoms with E-state index in [4.69, 9.17) is 0 Å². The highest BCUT2D eigenvalue weighted by molar-refractivity contribution is 9.10. The molecule has 96 valence electrons. The van der Waals surface area contributed by atoms with Crippen LogP contribution in [0.1, 0.15) is 12.6 Å². The number of fused-ring (bicyclic) bond motifs is 1. The Hall–Kier alpha value is -1.01. The van der Waals surface area contributed by atoms with Crippen molar-refractivity contribution in [3.8, 4) is 0 Å². The molecule has 6 heteroatoms. The Morgan fingerprint density at radius 1 is 1.56 bits per heavy atom. The van der Waals surface area contributed by atoms with Crippen LogP contribution >= 0.6 is 27.7 Å². The van der Waals surface area contributed by atoms with E-state index in [2.05, 4.69) is 25.7 Å². The lowest BCUT2D eigenvalue weighted by atomic mass is 10.5. The molecule has 0 saturated carbocycles. The molecule has 0 amide bonds. The van der Waals surface area contributed by atoms with Crippen LogP contribution in [0.15, 0.2) is 29.0 Å². The standard InChI is InChI=1S/C12H13BrN2O2S/c1-8(12(16)17-2)18-7-10-6-15-5-9(13)3-4-11(15)14-10/h3-6,8H,7H2,1-2H3/t8-/m1/s1. The lowest BCUT2D eigenvalue weighted by Gasteiger charge is -2.06. The summed E-state index contributed by atoms with van der Waals surface area (Å²) in [6.07, 6.45) is 3.93. The summed E-state index contributed by atoms with van der Waals surface area (Å²) in [6.45, 7) is 1.84. The maximum Gasteiger partial charge on any atom is 0.318 e. The molecule has 0 bridgehead atoms. The Kier molecular flexibility index (Phi) is 4.29. The predicted octanol–water partition coefficient (Wildman–Crippen LogP) is 2.89. The number of esters is 1. The zero-order chi connectivity index (χ0) is 13.1. The SMILES string of the molecule is COC(=O)[C@@H](C)SCc1cn2cc(Br)ccc2n1. The third kappa shape index (κ3) is 3.05. The first-order valence-corrected chi connectivity index (χ1v) is 7.27. The summed E-state index contributed by atoms with van der Waals surface area (Å²) >= 11 is 4.94. The zero-order valence-corrected chi connectivity index (χ0v) is 12.5. The quantitative estimate of drug-likeness (QED) is 0.809. The van der Waals surface area contributed by atoms with Gasteiger partial charge in [0.2, 0.25) is 0 Å². The Bertz CT molecular complexity index is 570. The maximum absolute atomic E-state index is 11.3. The van der Waals surface area contributed by atoms with Gasteiger partial charge < -0.3 is 9.14 Å². The third-order valence-electron chi connectivity index (χ3n) is 2.48. The van der Waals surface area contributed by atoms with E-state index >= 15 is 0 Å². The van der Waals surface area contributed by atoms with Crippen LogP contribution in [-0.2, 0) is 15.3 Å². The highest BCUT2D eigenvalue weighted by atomic mass is 79.9. The van der Waals surface area contributed by atoms with Crippen molar-refractivity contribution in [2.45, 2.75) is 17.9 Å². The molecule has 2 heterocycles. The lowest BCUT2D eigenvalue weighted by Crippen LogP contribution is -2.14. The van der Waals surface area contributed by atoms with Crippen molar-refractivity contribution in [2.75, 3.05) is 7.11 Å². The largest absolute Gasteiger partial charge is 0.468 e. The van der Waals surface area contributed by atoms with Gasteiger partial charge in [0.25, 0.3) is 0 Å². The number of imidazole rings is 1. The molecule has 0 N–H and O–H groups in total. The average Bonchev–Trinajstić information content (AvgIpc) is 2.76. The second-order valence-corrected chi connectivity index (χ2v) is 6.07. The molecule has 2 rings (SSSR count). The van der Waals surface area contributed by atoms with Crippen LogP contribution in [0.25, 0.3) is 5.65 Å². The van der Waals surface area contributed by atoms with E-state index in [1.54, 1.807) is 0 Å². The van der Waals surface area contributed by atoms with E-state index in [9.17, 15) is 4.79 Å². The van der Waals surface area contributed by atoms with Crippen LogP contribution in [0.2, 0.25) is 0 Å². The summed E-state index contributed by atoms with van der Waals surface area (Å²) in [5.41, 5.74) is 1.85. The number of carbonyl (C=O) groups excluding carboxylic acids is 1. The Labute approximate surface area is 118 Å². The average molecular weight is 329 g/mol. The minimum Gasteiger partial charge on any atom is -0.468 e. The first-order valence-electron chi connectivity index (χ1n) is 5.42. The van der Waals surface area contributed by atoms with Gasteiger partial charge in [-0.15, -0.1) is 11.8 Å². The minimum atomic E-state index is -0.202. The van der Waals surface area contributed by atoms with Gasteiger partial charge in [0.1, 0.15) is 5.65 Å². The molecule has 4 nitrogen and oxygen atoms in total. The minimum absolute atomic E-state index is 0.174. The molecule has 0 aliphatic rings. The number of aromatic nitrogens is 2. The predicted molar refractivity (Wildman–Crippen MR) is 75.7 cm³/mol. The summed E-state index contributed by atoms with van der Waals surface area (Å²) in [6, 6.07) is 3.90. The molecule has 0 aliphatic carbocycles. The molecule has 18 heavy (non-hydrogen) atoms. The van der Waals surface area contributed by atoms with Gasteiger partial charge in [0.05, 0.1) is 18.1 Å². The fourth-order valence-corrected chi connectivity index (χ4v) is 2.68. The molecule has 1 atom stereocenters. The number of methoxy groups -OCH3 is 1. The van der Waals surface area contributed by atoms with Crippen molar-refractivity contribution in [1.82, 2.24) is 9.38 Å². The zero-order valence-electron chi connectivity index (χ0n) is 10.1. The van der Waals surface area contributed by atoms with Crippen LogP contribution in [-0.4, -0.2) is 27.7 Å². The summed E-state index contributed by atoms with van der Waals surface area (Å²) in [4.78, 5) is 15.8. The first kappa shape index (κ1) is 13.4. The molecule has 2 aromatic rings. The van der Waals surface area contributed by atoms with Crippen molar-refractivity contribution in [2.24, 2.45) is 0 Å². The second kappa shape index (κ2) is 5.75. The fourth-order valence-electron chi connectivity index (χ4n) is 1.53. The highest BCUT2D eigenvalue weighted by Crippen LogP contribution is 2.19. The van der Waals surface area contributed by atoms with E-state index < -0.39 is 0 Å². The van der Waals surface area contributed by atoms with Gasteiger partial charge in [0, 0.05) is 22.6 Å². The van der Waals surface area contributed by atoms with E-state index in [0.717, 1.165) is 15.8 Å². The molecule has 0 spiro atoms. The number of hydrogen-bond donors (Lipinski definition) is 0. The number of rotatable bonds is 4. The maximum atomic E-state index is 11.3. The van der Waals surface area contributed by atoms with Gasteiger partial charge >= 0.3 is 5.97 Å². The van der Waals surface area contributed by atoms with Crippen LogP contribution < -0.4 is 0 Å². The van der Waals surface area contributed by atoms with Gasteiger partial charge in [-0.1, -0.05) is 0 Å². The number of ether oxygens (including phenoxy) is 1. The fraction of sp³-hybridized carbons (Fsp3) is 0.333. The normalized spacial score (nSPS) is 12.6. The number of pyridine rings is 1. The number of nitrogens with zero attached hydrogens (tertiary/aromatic N) is 2. The van der Waals surface area contributed by atoms with E-state index in [-0.39, 0.29) is 11.2 Å². The van der Waals surface area contributed by atoms with Gasteiger partial charge in [-0.3, -0.25) is 4.79 Å². The lowest BCUT2D eigenvalue weighted by molar-refractivity contribution is -0.139. The number of carbonyl (C=O) groups is 1. The smallest absolute Gasteiger partial charge is 0.318 e. The summed E-state index contributed by atoms with van der Waals surface area (Å²) < 4.78 is 7.65. The van der Waals surface area contributed by atoms with E-state index in [1.807, 2.05) is 35.9 Å². The molecule has 0 fully saturated rings. The topological polar surface area (TPSA) is 43.6 Å². The van der Waals surface area contributed by atoms with Crippen molar-refractivity contribution in [1.29, 1.82) is 0 Å². The van der Waals surface area contributed by atoms with Gasteiger partial charge in [0.15, 0.2) is 0 Å². The number of thioether (sulfide) groups is 1. The number of halogens is 1. The van der Waals surface area contributed by atoms with Crippen molar-refractivity contribution in [3.05, 3.63) is 34.7 Å². The van der Waals surface area contributed by atoms with Crippen LogP contribution in [0, 0.1) is 0 Å². The van der Waals surface area contributed by atoms with Gasteiger partial charge in [-0.2, -0.15) is 0 Å². The molecule has 0 radical (unpaired) electrons. The van der Waals surface area contributed by atoms with Crippen molar-refractivity contribution >= 4 is 39.3 Å². The van der Waals surface area contributed by atoms with Gasteiger partial charge in [-0.25, -0.2) is 4.98 Å². The molecule has 0 unspecified atom stereocenters. The Morgan fingerprint density at radius 3 is 3.06 bits per heavy atom. The van der Waals surface area contributed by atoms with E-state index in [0.29, 0.717) is 5.75 Å². The molecule has 0 aliphatic heterocycles. The van der Waals surface area contributed by atoms with Crippen LogP contribution in [0.4, 0.5) is 0 Å². The summed E-state index contributed by atoms with van der Waals surface area (Å²) in [7, 11) is 1.40. The second-order valence-electron chi connectivity index (χ2n) is 3.82. The molecule has 0 aromatic carbocycles. The van der Waals surface area contributed by atoms with Crippen LogP contribution in [0.5, 0.6) is 0 Å². The number of hydrogen-bond acceptors (Lipinski definition) is 4. The highest BCUT2D eigenvalue weighted by Gasteiger charge is 2.14. The summed E-state index contributed by atoms with van der Waals surface area (Å²) in [5, 5.41) is -0.174.